The van der Waals surface area contributed by atoms with Crippen molar-refractivity contribution in [2.45, 2.75) is 38.1 Å². The second-order valence-corrected chi connectivity index (χ2v) is 7.66. The van der Waals surface area contributed by atoms with Gasteiger partial charge in [0.1, 0.15) is 6.26 Å². The van der Waals surface area contributed by atoms with Crippen LogP contribution in [-0.4, -0.2) is 34.8 Å². The van der Waals surface area contributed by atoms with E-state index in [9.17, 15) is 9.59 Å². The first-order chi connectivity index (χ1) is 12.2. The second-order valence-electron chi connectivity index (χ2n) is 6.77. The Morgan fingerprint density at radius 1 is 1.36 bits per heavy atom. The summed E-state index contributed by atoms with van der Waals surface area (Å²) in [6, 6.07) is 1.70. The number of aromatic nitrogens is 1. The van der Waals surface area contributed by atoms with Crippen LogP contribution in [0.15, 0.2) is 28.4 Å². The Kier molecular flexibility index (Phi) is 4.57. The molecule has 1 saturated heterocycles. The number of hydrogen-bond acceptors (Lipinski definition) is 5. The second kappa shape index (κ2) is 7.00. The summed E-state index contributed by atoms with van der Waals surface area (Å²) in [5, 5.41) is 6.02. The van der Waals surface area contributed by atoms with Crippen LogP contribution in [-0.2, 0) is 11.3 Å². The monoisotopic (exact) mass is 359 g/mol. The number of furan rings is 1. The number of amides is 2. The van der Waals surface area contributed by atoms with Gasteiger partial charge in [0.2, 0.25) is 5.91 Å². The highest BCUT2D eigenvalue weighted by molar-refractivity contribution is 7.09. The molecule has 3 heterocycles. The maximum Gasteiger partial charge on any atom is 0.257 e. The molecule has 7 heteroatoms. The Morgan fingerprint density at radius 2 is 2.24 bits per heavy atom. The van der Waals surface area contributed by atoms with Gasteiger partial charge >= 0.3 is 0 Å². The van der Waals surface area contributed by atoms with Gasteiger partial charge < -0.3 is 14.6 Å². The fourth-order valence-electron chi connectivity index (χ4n) is 3.19. The highest BCUT2D eigenvalue weighted by Crippen LogP contribution is 2.31. The van der Waals surface area contributed by atoms with Crippen molar-refractivity contribution in [3.63, 3.8) is 0 Å². The molecule has 2 aliphatic rings. The van der Waals surface area contributed by atoms with Crippen molar-refractivity contribution in [3.05, 3.63) is 40.2 Å². The quantitative estimate of drug-likeness (QED) is 0.891. The summed E-state index contributed by atoms with van der Waals surface area (Å²) in [5.74, 6) is 0.650. The van der Waals surface area contributed by atoms with Crippen molar-refractivity contribution in [1.82, 2.24) is 15.2 Å². The van der Waals surface area contributed by atoms with E-state index in [1.54, 1.807) is 17.4 Å². The summed E-state index contributed by atoms with van der Waals surface area (Å²) in [4.78, 5) is 30.8. The highest BCUT2D eigenvalue weighted by Gasteiger charge is 2.30. The molecule has 6 nitrogen and oxygen atoms in total. The number of rotatable bonds is 5. The fraction of sp³-hybridized carbons (Fsp3) is 0.500. The van der Waals surface area contributed by atoms with Crippen LogP contribution in [0.1, 0.15) is 52.7 Å². The highest BCUT2D eigenvalue weighted by atomic mass is 32.1. The number of nitrogens with zero attached hydrogens (tertiary/aromatic N) is 2. The lowest BCUT2D eigenvalue weighted by Gasteiger charge is -2.31. The molecule has 2 fully saturated rings. The van der Waals surface area contributed by atoms with Crippen molar-refractivity contribution in [2.75, 3.05) is 13.1 Å². The molecule has 1 aliphatic carbocycles. The number of carbonyl (C=O) groups excluding carboxylic acids is 2. The molecule has 0 aromatic carbocycles. The first kappa shape index (κ1) is 16.3. The summed E-state index contributed by atoms with van der Waals surface area (Å²) in [6.07, 6.45) is 7.05. The van der Waals surface area contributed by atoms with E-state index < -0.39 is 0 Å². The maximum atomic E-state index is 12.5. The molecule has 2 aromatic rings. The Bertz CT molecular complexity index is 751. The van der Waals surface area contributed by atoms with Gasteiger partial charge in [-0.1, -0.05) is 0 Å². The third-order valence-electron chi connectivity index (χ3n) is 4.79. The largest absolute Gasteiger partial charge is 0.472 e. The van der Waals surface area contributed by atoms with Gasteiger partial charge in [-0.2, -0.15) is 0 Å². The average molecular weight is 359 g/mol. The Morgan fingerprint density at radius 3 is 3.00 bits per heavy atom. The van der Waals surface area contributed by atoms with Crippen LogP contribution in [0.5, 0.6) is 0 Å². The van der Waals surface area contributed by atoms with E-state index in [1.807, 2.05) is 10.3 Å². The van der Waals surface area contributed by atoms with Crippen LogP contribution < -0.4 is 5.32 Å². The van der Waals surface area contributed by atoms with Gasteiger partial charge in [0.05, 0.1) is 29.1 Å². The molecule has 0 spiro atoms. The van der Waals surface area contributed by atoms with Gasteiger partial charge in [-0.15, -0.1) is 11.3 Å². The summed E-state index contributed by atoms with van der Waals surface area (Å²) in [5.41, 5.74) is 1.51. The number of likely N-dealkylation sites (tertiary alicyclic amines) is 1. The van der Waals surface area contributed by atoms with Crippen molar-refractivity contribution in [1.29, 1.82) is 0 Å². The fourth-order valence-corrected chi connectivity index (χ4v) is 4.14. The van der Waals surface area contributed by atoms with Crippen molar-refractivity contribution < 1.29 is 14.0 Å². The molecule has 0 radical (unpaired) electrons. The molecule has 132 valence electrons. The number of nitrogens with one attached hydrogen (secondary N) is 1. The Balaban J connectivity index is 1.36. The van der Waals surface area contributed by atoms with Crippen LogP contribution in [0.3, 0.4) is 0 Å². The Hall–Kier alpha value is -2.15. The van der Waals surface area contributed by atoms with Crippen LogP contribution in [0.4, 0.5) is 0 Å². The molecule has 2 amide bonds. The number of hydrogen-bond donors (Lipinski definition) is 1. The molecule has 4 rings (SSSR count). The van der Waals surface area contributed by atoms with E-state index in [-0.39, 0.29) is 23.7 Å². The Labute approximate surface area is 150 Å². The predicted octanol–water partition coefficient (Wildman–Crippen LogP) is 2.78. The van der Waals surface area contributed by atoms with Crippen LogP contribution >= 0.6 is 11.3 Å². The van der Waals surface area contributed by atoms with Gasteiger partial charge in [-0.3, -0.25) is 9.59 Å². The molecule has 1 N–H and O–H groups in total. The molecule has 0 bridgehead atoms. The summed E-state index contributed by atoms with van der Waals surface area (Å²) in [6.45, 7) is 1.96. The van der Waals surface area contributed by atoms with Gasteiger partial charge in [0.25, 0.3) is 5.91 Å². The molecule has 1 aliphatic heterocycles. The molecular weight excluding hydrogens is 338 g/mol. The lowest BCUT2D eigenvalue weighted by Crippen LogP contribution is -2.39. The summed E-state index contributed by atoms with van der Waals surface area (Å²) >= 11 is 1.62. The van der Waals surface area contributed by atoms with Gasteiger partial charge in [-0.25, -0.2) is 4.98 Å². The summed E-state index contributed by atoms with van der Waals surface area (Å²) < 4.78 is 5.02. The number of carbonyl (C=O) groups is 2. The normalized spacial score (nSPS) is 20.5. The van der Waals surface area contributed by atoms with Crippen molar-refractivity contribution >= 4 is 23.2 Å². The van der Waals surface area contributed by atoms with Gasteiger partial charge in [-0.05, 0) is 31.7 Å². The first-order valence-electron chi connectivity index (χ1n) is 8.74. The zero-order valence-corrected chi connectivity index (χ0v) is 14.8. The van der Waals surface area contributed by atoms with E-state index in [1.165, 1.54) is 12.5 Å². The lowest BCUT2D eigenvalue weighted by atomic mass is 9.98. The van der Waals surface area contributed by atoms with E-state index in [0.29, 0.717) is 18.7 Å². The van der Waals surface area contributed by atoms with E-state index >= 15 is 0 Å². The van der Waals surface area contributed by atoms with E-state index in [4.69, 9.17) is 4.42 Å². The topological polar surface area (TPSA) is 75.4 Å². The third-order valence-corrected chi connectivity index (χ3v) is 5.84. The van der Waals surface area contributed by atoms with Crippen LogP contribution in [0, 0.1) is 5.92 Å². The smallest absolute Gasteiger partial charge is 0.257 e. The van der Waals surface area contributed by atoms with Gasteiger partial charge in [0.15, 0.2) is 0 Å². The molecule has 1 atom stereocenters. The SMILES string of the molecule is O=C(NCc1csc(C2CCCN(C(=O)c3ccoc3)C2)n1)C1CC1. The van der Waals surface area contributed by atoms with Crippen LogP contribution in [0.25, 0.3) is 0 Å². The number of piperidine rings is 1. The molecule has 1 saturated carbocycles. The minimum Gasteiger partial charge on any atom is -0.472 e. The lowest BCUT2D eigenvalue weighted by molar-refractivity contribution is -0.122. The van der Waals surface area contributed by atoms with Crippen molar-refractivity contribution in [3.8, 4) is 0 Å². The van der Waals surface area contributed by atoms with Gasteiger partial charge in [0, 0.05) is 30.3 Å². The number of thiazole rings is 1. The molecule has 2 aromatic heterocycles. The molecule has 1 unspecified atom stereocenters. The molecule has 25 heavy (non-hydrogen) atoms. The average Bonchev–Trinajstić information content (AvgIpc) is 3.15. The third kappa shape index (κ3) is 3.76. The van der Waals surface area contributed by atoms with Crippen molar-refractivity contribution in [2.24, 2.45) is 5.92 Å². The zero-order chi connectivity index (χ0) is 17.2. The van der Waals surface area contributed by atoms with E-state index in [2.05, 4.69) is 10.3 Å². The zero-order valence-electron chi connectivity index (χ0n) is 13.9. The first-order valence-corrected chi connectivity index (χ1v) is 9.62. The minimum absolute atomic E-state index is 0.0203. The minimum atomic E-state index is 0.0203. The standard InChI is InChI=1S/C18H21N3O3S/c22-16(12-3-4-12)19-8-15-11-25-17(20-15)13-2-1-6-21(9-13)18(23)14-5-7-24-10-14/h5,7,10-13H,1-4,6,8-9H2,(H,19,22). The summed E-state index contributed by atoms with van der Waals surface area (Å²) in [7, 11) is 0. The molecular formula is C18H21N3O3S. The van der Waals surface area contributed by atoms with E-state index in [0.717, 1.165) is 42.9 Å². The predicted molar refractivity (Wildman–Crippen MR) is 93.3 cm³/mol. The maximum absolute atomic E-state index is 12.5. The van der Waals surface area contributed by atoms with Crippen LogP contribution in [0.2, 0.25) is 0 Å².